The van der Waals surface area contributed by atoms with Crippen LogP contribution in [-0.4, -0.2) is 16.3 Å². The predicted octanol–water partition coefficient (Wildman–Crippen LogP) is 4.37. The van der Waals surface area contributed by atoms with E-state index in [4.69, 9.17) is 0 Å². The summed E-state index contributed by atoms with van der Waals surface area (Å²) < 4.78 is 1.02. The Bertz CT molecular complexity index is 564. The van der Waals surface area contributed by atoms with E-state index in [1.165, 1.54) is 4.70 Å². The Morgan fingerprint density at radius 3 is 2.94 bits per heavy atom. The number of ketones is 1. The molecule has 88 valence electrons. The lowest BCUT2D eigenvalue weighted by Crippen LogP contribution is -2.28. The molecule has 1 aromatic carbocycles. The van der Waals surface area contributed by atoms with Crippen molar-refractivity contribution in [1.82, 2.24) is 0 Å². The number of hydrogen-bond acceptors (Lipinski definition) is 3. The van der Waals surface area contributed by atoms with Crippen molar-refractivity contribution in [2.75, 3.05) is 5.75 Å². The average molecular weight is 262 g/mol. The summed E-state index contributed by atoms with van der Waals surface area (Å²) in [4.78, 5) is 12.6. The summed E-state index contributed by atoms with van der Waals surface area (Å²) in [5.74, 6) is 1.43. The number of fused-ring (bicyclic) bond motifs is 1. The first-order chi connectivity index (χ1) is 8.21. The molecule has 2 heterocycles. The second-order valence-corrected chi connectivity index (χ2v) is 7.17. The fraction of sp³-hybridized carbons (Fsp3) is 0.357. The first kappa shape index (κ1) is 11.3. The minimum atomic E-state index is -0.191. The predicted molar refractivity (Wildman–Crippen MR) is 76.3 cm³/mol. The van der Waals surface area contributed by atoms with Gasteiger partial charge in [-0.1, -0.05) is 18.2 Å². The lowest BCUT2D eigenvalue weighted by atomic mass is 9.94. The maximum absolute atomic E-state index is 12.6. The van der Waals surface area contributed by atoms with Gasteiger partial charge in [-0.2, -0.15) is 0 Å². The fourth-order valence-corrected chi connectivity index (χ4v) is 4.61. The second kappa shape index (κ2) is 4.14. The van der Waals surface area contributed by atoms with Crippen molar-refractivity contribution in [2.24, 2.45) is 0 Å². The molecule has 1 atom stereocenters. The van der Waals surface area contributed by atoms with Crippen LogP contribution in [0.15, 0.2) is 29.6 Å². The van der Waals surface area contributed by atoms with Gasteiger partial charge >= 0.3 is 0 Å². The lowest BCUT2D eigenvalue weighted by Gasteiger charge is -2.20. The first-order valence-corrected chi connectivity index (χ1v) is 7.72. The van der Waals surface area contributed by atoms with Crippen molar-refractivity contribution >= 4 is 39.0 Å². The topological polar surface area (TPSA) is 17.1 Å². The lowest BCUT2D eigenvalue weighted by molar-refractivity contribution is 0.0951. The SMILES string of the molecule is CC1(C(=O)c2csc3ccccc23)CCCS1. The Morgan fingerprint density at radius 1 is 1.35 bits per heavy atom. The molecule has 17 heavy (non-hydrogen) atoms. The van der Waals surface area contributed by atoms with Gasteiger partial charge < -0.3 is 0 Å². The van der Waals surface area contributed by atoms with Crippen LogP contribution in [-0.2, 0) is 0 Å². The highest BCUT2D eigenvalue weighted by Crippen LogP contribution is 2.42. The molecule has 1 fully saturated rings. The summed E-state index contributed by atoms with van der Waals surface area (Å²) in [6.45, 7) is 2.10. The summed E-state index contributed by atoms with van der Waals surface area (Å²) in [5.41, 5.74) is 0.919. The average Bonchev–Trinajstić information content (AvgIpc) is 2.95. The zero-order valence-corrected chi connectivity index (χ0v) is 11.4. The van der Waals surface area contributed by atoms with Gasteiger partial charge in [0.25, 0.3) is 0 Å². The molecule has 1 saturated heterocycles. The van der Waals surface area contributed by atoms with E-state index in [9.17, 15) is 4.79 Å². The molecule has 0 radical (unpaired) electrons. The van der Waals surface area contributed by atoms with E-state index in [0.717, 1.165) is 29.5 Å². The van der Waals surface area contributed by atoms with Crippen LogP contribution in [0.2, 0.25) is 0 Å². The number of hydrogen-bond donors (Lipinski definition) is 0. The third-order valence-corrected chi connectivity index (χ3v) is 5.91. The van der Waals surface area contributed by atoms with E-state index < -0.39 is 0 Å². The second-order valence-electron chi connectivity index (χ2n) is 4.66. The Balaban J connectivity index is 2.07. The highest BCUT2D eigenvalue weighted by Gasteiger charge is 2.38. The van der Waals surface area contributed by atoms with Crippen molar-refractivity contribution in [3.05, 3.63) is 35.2 Å². The molecule has 3 heteroatoms. The number of benzene rings is 1. The van der Waals surface area contributed by atoms with Crippen molar-refractivity contribution in [1.29, 1.82) is 0 Å². The van der Waals surface area contributed by atoms with Crippen molar-refractivity contribution in [3.63, 3.8) is 0 Å². The Hall–Kier alpha value is -0.800. The summed E-state index contributed by atoms with van der Waals surface area (Å²) in [7, 11) is 0. The monoisotopic (exact) mass is 262 g/mol. The van der Waals surface area contributed by atoms with Gasteiger partial charge in [-0.05, 0) is 31.6 Å². The van der Waals surface area contributed by atoms with Crippen LogP contribution < -0.4 is 0 Å². The molecule has 1 unspecified atom stereocenters. The molecule has 1 aromatic heterocycles. The Kier molecular flexibility index (Phi) is 2.75. The summed E-state index contributed by atoms with van der Waals surface area (Å²) in [6.07, 6.45) is 2.18. The van der Waals surface area contributed by atoms with Crippen LogP contribution in [0.4, 0.5) is 0 Å². The number of thioether (sulfide) groups is 1. The van der Waals surface area contributed by atoms with E-state index in [0.29, 0.717) is 5.78 Å². The van der Waals surface area contributed by atoms with Crippen LogP contribution >= 0.6 is 23.1 Å². The van der Waals surface area contributed by atoms with Crippen LogP contribution in [0.5, 0.6) is 0 Å². The summed E-state index contributed by atoms with van der Waals surface area (Å²) >= 11 is 3.48. The molecule has 0 bridgehead atoms. The van der Waals surface area contributed by atoms with Crippen molar-refractivity contribution < 1.29 is 4.79 Å². The highest BCUT2D eigenvalue weighted by molar-refractivity contribution is 8.01. The Labute approximate surface area is 109 Å². The maximum Gasteiger partial charge on any atom is 0.180 e. The number of carbonyl (C=O) groups is 1. The van der Waals surface area contributed by atoms with E-state index in [2.05, 4.69) is 19.1 Å². The van der Waals surface area contributed by atoms with Gasteiger partial charge in [0.15, 0.2) is 5.78 Å². The molecule has 0 N–H and O–H groups in total. The number of carbonyl (C=O) groups excluding carboxylic acids is 1. The third-order valence-electron chi connectivity index (χ3n) is 3.42. The molecular formula is C14H14OS2. The van der Waals surface area contributed by atoms with Gasteiger partial charge in [0.1, 0.15) is 0 Å². The van der Waals surface area contributed by atoms with Crippen LogP contribution in [0.3, 0.4) is 0 Å². The smallest absolute Gasteiger partial charge is 0.180 e. The molecule has 0 spiro atoms. The standard InChI is InChI=1S/C14H14OS2/c1-14(7-4-8-17-14)13(15)11-9-16-12-6-3-2-5-10(11)12/h2-3,5-6,9H,4,7-8H2,1H3. The molecule has 1 aliphatic rings. The van der Waals surface area contributed by atoms with Gasteiger partial charge in [-0.15, -0.1) is 23.1 Å². The van der Waals surface area contributed by atoms with Gasteiger partial charge in [0, 0.05) is 21.0 Å². The van der Waals surface area contributed by atoms with Crippen molar-refractivity contribution in [3.8, 4) is 0 Å². The van der Waals surface area contributed by atoms with Gasteiger partial charge in [-0.3, -0.25) is 4.79 Å². The molecule has 3 rings (SSSR count). The molecule has 1 nitrogen and oxygen atoms in total. The minimum Gasteiger partial charge on any atom is -0.293 e. The normalized spacial score (nSPS) is 24.3. The van der Waals surface area contributed by atoms with Crippen LogP contribution in [0.1, 0.15) is 30.1 Å². The number of thiophene rings is 1. The highest BCUT2D eigenvalue weighted by atomic mass is 32.2. The fourth-order valence-electron chi connectivity index (χ4n) is 2.40. The van der Waals surface area contributed by atoms with E-state index in [-0.39, 0.29) is 4.75 Å². The largest absolute Gasteiger partial charge is 0.293 e. The quantitative estimate of drug-likeness (QED) is 0.748. The first-order valence-electron chi connectivity index (χ1n) is 5.86. The summed E-state index contributed by atoms with van der Waals surface area (Å²) in [5, 5.41) is 3.15. The van der Waals surface area contributed by atoms with Gasteiger partial charge in [0.2, 0.25) is 0 Å². The number of rotatable bonds is 2. The zero-order chi connectivity index (χ0) is 11.9. The van der Waals surface area contributed by atoms with Gasteiger partial charge in [0.05, 0.1) is 4.75 Å². The van der Waals surface area contributed by atoms with E-state index in [1.54, 1.807) is 11.3 Å². The van der Waals surface area contributed by atoms with E-state index >= 15 is 0 Å². The van der Waals surface area contributed by atoms with Crippen LogP contribution in [0, 0.1) is 0 Å². The number of Topliss-reactive ketones (excluding diaryl/α,β-unsaturated/α-hetero) is 1. The molecule has 0 saturated carbocycles. The van der Waals surface area contributed by atoms with E-state index in [1.807, 2.05) is 29.3 Å². The molecule has 0 amide bonds. The van der Waals surface area contributed by atoms with Gasteiger partial charge in [-0.25, -0.2) is 0 Å². The zero-order valence-electron chi connectivity index (χ0n) is 9.73. The van der Waals surface area contributed by atoms with Crippen molar-refractivity contribution in [2.45, 2.75) is 24.5 Å². The minimum absolute atomic E-state index is 0.191. The molecule has 0 aliphatic carbocycles. The summed E-state index contributed by atoms with van der Waals surface area (Å²) in [6, 6.07) is 8.18. The molecule has 2 aromatic rings. The van der Waals surface area contributed by atoms with Crippen LogP contribution in [0.25, 0.3) is 10.1 Å². The Morgan fingerprint density at radius 2 is 2.18 bits per heavy atom. The molecule has 1 aliphatic heterocycles. The maximum atomic E-state index is 12.6. The third kappa shape index (κ3) is 1.81. The molecular weight excluding hydrogens is 248 g/mol.